The SMILES string of the molecule is C=C(c1oc2c(N(c3ccccc3)c3cccc4c3c3cccc5c6c(N(c7ccccc7)c7cccc8c7oc7c(C(C)(C)C)cccc78)cccc6n4c35)cccc2c1/C=C\C)C(C)(C)C. The van der Waals surface area contributed by atoms with Gasteiger partial charge in [-0.05, 0) is 84.0 Å². The molecule has 4 heterocycles. The van der Waals surface area contributed by atoms with Gasteiger partial charge in [0.2, 0.25) is 0 Å². The van der Waals surface area contributed by atoms with Gasteiger partial charge in [-0.2, -0.15) is 0 Å². The smallest absolute Gasteiger partial charge is 0.159 e. The van der Waals surface area contributed by atoms with Crippen molar-refractivity contribution in [3.05, 3.63) is 199 Å². The van der Waals surface area contributed by atoms with E-state index in [2.05, 4.69) is 251 Å². The van der Waals surface area contributed by atoms with Gasteiger partial charge in [0.15, 0.2) is 11.2 Å². The van der Waals surface area contributed by atoms with Gasteiger partial charge in [-0.1, -0.05) is 169 Å². The Hall–Kier alpha value is -8.02. The van der Waals surface area contributed by atoms with Crippen LogP contribution in [0.2, 0.25) is 0 Å². The molecule has 68 heavy (non-hydrogen) atoms. The molecule has 0 bridgehead atoms. The van der Waals surface area contributed by atoms with E-state index in [0.717, 1.165) is 95.0 Å². The Kier molecular flexibility index (Phi) is 9.29. The zero-order valence-electron chi connectivity index (χ0n) is 39.7. The predicted octanol–water partition coefficient (Wildman–Crippen LogP) is 18.8. The first-order valence-corrected chi connectivity index (χ1v) is 23.7. The molecule has 12 rings (SSSR count). The van der Waals surface area contributed by atoms with Gasteiger partial charge in [0, 0.05) is 60.2 Å². The second kappa shape index (κ2) is 15.3. The van der Waals surface area contributed by atoms with Gasteiger partial charge in [-0.25, -0.2) is 0 Å². The normalized spacial score (nSPS) is 12.6. The number of hydrogen-bond acceptors (Lipinski definition) is 4. The third-order valence-corrected chi connectivity index (χ3v) is 13.9. The van der Waals surface area contributed by atoms with E-state index in [9.17, 15) is 0 Å². The highest BCUT2D eigenvalue weighted by molar-refractivity contribution is 6.29. The first-order valence-electron chi connectivity index (χ1n) is 23.7. The number of rotatable bonds is 8. The summed E-state index contributed by atoms with van der Waals surface area (Å²) in [4.78, 5) is 4.77. The maximum atomic E-state index is 7.06. The van der Waals surface area contributed by atoms with Crippen molar-refractivity contribution in [3.8, 4) is 0 Å². The first kappa shape index (κ1) is 41.4. The number of nitrogens with zero attached hydrogens (tertiary/aromatic N) is 3. The summed E-state index contributed by atoms with van der Waals surface area (Å²) in [7, 11) is 0. The number of aromatic nitrogens is 1. The monoisotopic (exact) mass is 883 g/mol. The molecule has 0 fully saturated rings. The quantitative estimate of drug-likeness (QED) is 0.152. The fourth-order valence-electron chi connectivity index (χ4n) is 10.7. The zero-order valence-corrected chi connectivity index (χ0v) is 39.7. The minimum absolute atomic E-state index is 0.0904. The van der Waals surface area contributed by atoms with Crippen LogP contribution in [0.1, 0.15) is 65.4 Å². The molecule has 0 saturated carbocycles. The summed E-state index contributed by atoms with van der Waals surface area (Å²) in [6.45, 7) is 20.0. The van der Waals surface area contributed by atoms with Gasteiger partial charge in [-0.3, -0.25) is 0 Å². The minimum Gasteiger partial charge on any atom is -0.454 e. The summed E-state index contributed by atoms with van der Waals surface area (Å²) >= 11 is 0. The first-order chi connectivity index (χ1) is 32.9. The van der Waals surface area contributed by atoms with Crippen LogP contribution in [-0.2, 0) is 5.41 Å². The number of anilines is 6. The Bertz CT molecular complexity index is 3960. The van der Waals surface area contributed by atoms with Crippen molar-refractivity contribution >= 4 is 117 Å². The Balaban J connectivity index is 1.12. The fourth-order valence-corrected chi connectivity index (χ4v) is 10.7. The molecule has 332 valence electrons. The van der Waals surface area contributed by atoms with Crippen molar-refractivity contribution in [1.82, 2.24) is 4.40 Å². The maximum Gasteiger partial charge on any atom is 0.159 e. The molecule has 0 aliphatic heterocycles. The number of fused-ring (bicyclic) bond motifs is 10. The molecule has 0 aliphatic rings. The Morgan fingerprint density at radius 3 is 1.47 bits per heavy atom. The number of para-hydroxylation sites is 6. The summed E-state index contributed by atoms with van der Waals surface area (Å²) in [6.07, 6.45) is 4.24. The molecule has 0 saturated heterocycles. The summed E-state index contributed by atoms with van der Waals surface area (Å²) in [5.74, 6) is 0.822. The van der Waals surface area contributed by atoms with Crippen molar-refractivity contribution in [1.29, 1.82) is 0 Å². The van der Waals surface area contributed by atoms with Crippen LogP contribution in [0.3, 0.4) is 0 Å². The molecule has 0 radical (unpaired) electrons. The van der Waals surface area contributed by atoms with Crippen LogP contribution >= 0.6 is 0 Å². The lowest BCUT2D eigenvalue weighted by Gasteiger charge is -2.27. The molecule has 0 atom stereocenters. The van der Waals surface area contributed by atoms with Crippen molar-refractivity contribution in [3.63, 3.8) is 0 Å². The van der Waals surface area contributed by atoms with Gasteiger partial charge in [0.05, 0.1) is 39.3 Å². The number of benzene rings is 8. The van der Waals surface area contributed by atoms with Crippen LogP contribution in [0.25, 0.3) is 82.7 Å². The van der Waals surface area contributed by atoms with Crippen molar-refractivity contribution in [2.45, 2.75) is 53.9 Å². The third kappa shape index (κ3) is 6.15. The molecule has 0 N–H and O–H groups in total. The average Bonchev–Trinajstić information content (AvgIpc) is 4.10. The number of furan rings is 2. The summed E-state index contributed by atoms with van der Waals surface area (Å²) < 4.78 is 16.6. The van der Waals surface area contributed by atoms with Crippen molar-refractivity contribution < 1.29 is 8.83 Å². The molecule has 8 aromatic carbocycles. The van der Waals surface area contributed by atoms with Gasteiger partial charge in [0.1, 0.15) is 11.3 Å². The number of allylic oxidation sites excluding steroid dienone is 2. The second-order valence-electron chi connectivity index (χ2n) is 20.1. The minimum atomic E-state index is -0.187. The molecule has 0 spiro atoms. The van der Waals surface area contributed by atoms with E-state index >= 15 is 0 Å². The molecular formula is C63H53N3O2. The predicted molar refractivity (Wildman–Crippen MR) is 289 cm³/mol. The summed E-state index contributed by atoms with van der Waals surface area (Å²) in [6, 6.07) is 61.2. The third-order valence-electron chi connectivity index (χ3n) is 13.9. The maximum absolute atomic E-state index is 7.06. The Morgan fingerprint density at radius 2 is 0.941 bits per heavy atom. The van der Waals surface area contributed by atoms with Crippen LogP contribution in [0.15, 0.2) is 191 Å². The van der Waals surface area contributed by atoms with Gasteiger partial charge >= 0.3 is 0 Å². The van der Waals surface area contributed by atoms with E-state index in [1.54, 1.807) is 0 Å². The second-order valence-corrected chi connectivity index (χ2v) is 20.1. The largest absolute Gasteiger partial charge is 0.454 e. The van der Waals surface area contributed by atoms with E-state index in [1.807, 2.05) is 0 Å². The molecule has 0 amide bonds. The van der Waals surface area contributed by atoms with Crippen LogP contribution in [-0.4, -0.2) is 4.40 Å². The average molecular weight is 884 g/mol. The summed E-state index contributed by atoms with van der Waals surface area (Å²) in [5, 5.41) is 8.00. The van der Waals surface area contributed by atoms with E-state index < -0.39 is 0 Å². The highest BCUT2D eigenvalue weighted by Gasteiger charge is 2.30. The fraction of sp³-hybridized carbons (Fsp3) is 0.143. The topological polar surface area (TPSA) is 37.2 Å². The van der Waals surface area contributed by atoms with Gasteiger partial charge in [-0.15, -0.1) is 0 Å². The lowest BCUT2D eigenvalue weighted by Crippen LogP contribution is -2.11. The molecule has 5 heteroatoms. The molecule has 5 nitrogen and oxygen atoms in total. The standard InChI is InChI=1S/C63H53N3O2/c1-9-22-42-44-28-18-37-53(60(44)67-58(42)39(2)62(3,4)5)64(40-23-12-10-13-24-40)49-33-20-35-51-55(49)46-30-16-31-47-56-50(34-21-36-52(56)66(51)57(46)47)65(41-25-14-11-15-26-41)54-38-19-29-45-43-27-17-32-48(63(6,7)8)59(43)68-61(45)54/h9-38H,2H2,1,3-8H3/b22-9-. The lowest BCUT2D eigenvalue weighted by molar-refractivity contribution is 0.525. The molecule has 0 unspecified atom stereocenters. The van der Waals surface area contributed by atoms with Gasteiger partial charge in [0.25, 0.3) is 0 Å². The molecule has 0 aliphatic carbocycles. The molecule has 4 aromatic heterocycles. The van der Waals surface area contributed by atoms with Gasteiger partial charge < -0.3 is 23.0 Å². The van der Waals surface area contributed by atoms with E-state index in [-0.39, 0.29) is 10.8 Å². The van der Waals surface area contributed by atoms with E-state index in [1.165, 1.54) is 32.6 Å². The van der Waals surface area contributed by atoms with Crippen LogP contribution in [0, 0.1) is 5.41 Å². The highest BCUT2D eigenvalue weighted by atomic mass is 16.3. The van der Waals surface area contributed by atoms with Crippen LogP contribution in [0.4, 0.5) is 34.1 Å². The Morgan fingerprint density at radius 1 is 0.485 bits per heavy atom. The molecular weight excluding hydrogens is 831 g/mol. The van der Waals surface area contributed by atoms with Crippen molar-refractivity contribution in [2.24, 2.45) is 5.41 Å². The van der Waals surface area contributed by atoms with Crippen molar-refractivity contribution in [2.75, 3.05) is 9.80 Å². The molecule has 12 aromatic rings. The lowest BCUT2D eigenvalue weighted by atomic mass is 9.84. The zero-order chi connectivity index (χ0) is 46.6. The number of hydrogen-bond donors (Lipinski definition) is 0. The summed E-state index contributed by atoms with van der Waals surface area (Å²) in [5.41, 5.74) is 15.2. The van der Waals surface area contributed by atoms with Crippen LogP contribution in [0.5, 0.6) is 0 Å². The van der Waals surface area contributed by atoms with E-state index in [4.69, 9.17) is 8.83 Å². The van der Waals surface area contributed by atoms with E-state index in [0.29, 0.717) is 0 Å². The Labute approximate surface area is 396 Å². The van der Waals surface area contributed by atoms with Crippen LogP contribution < -0.4 is 9.80 Å². The highest BCUT2D eigenvalue weighted by Crippen LogP contribution is 2.52.